The molecule has 16 heteroatoms. The fraction of sp³-hybridized carbons (Fsp3) is 0.607. The Kier molecular flexibility index (Phi) is 13.9. The maximum atomic E-state index is 6.28. The van der Waals surface area contributed by atoms with Gasteiger partial charge in [-0.3, -0.25) is 0 Å². The Bertz CT molecular complexity index is 2600. The first kappa shape index (κ1) is 48.5. The minimum atomic E-state index is 0.230. The van der Waals surface area contributed by atoms with Crippen molar-refractivity contribution < 1.29 is 9.47 Å². The van der Waals surface area contributed by atoms with E-state index < -0.39 is 0 Å². The normalized spacial score (nSPS) is 21.1. The lowest BCUT2D eigenvalue weighted by Gasteiger charge is -2.40. The number of fused-ring (bicyclic) bond motifs is 6. The van der Waals surface area contributed by atoms with Crippen LogP contribution < -0.4 is 19.3 Å². The van der Waals surface area contributed by atoms with Crippen LogP contribution in [0.25, 0.3) is 45.8 Å². The molecule has 0 aliphatic carbocycles. The molecule has 6 aliphatic heterocycles. The van der Waals surface area contributed by atoms with Crippen molar-refractivity contribution in [3.63, 3.8) is 0 Å². The number of likely N-dealkylation sites (tertiary alicyclic amines) is 2. The third-order valence-corrected chi connectivity index (χ3v) is 16.7. The number of rotatable bonds is 10. The van der Waals surface area contributed by atoms with Gasteiger partial charge in [0, 0.05) is 85.2 Å². The maximum Gasteiger partial charge on any atom is 0.178 e. The van der Waals surface area contributed by atoms with Gasteiger partial charge < -0.3 is 38.2 Å². The molecule has 0 N–H and O–H groups in total. The van der Waals surface area contributed by atoms with E-state index in [4.69, 9.17) is 19.4 Å². The summed E-state index contributed by atoms with van der Waals surface area (Å²) < 4.78 is 20.8. The topological polar surface area (TPSA) is 128 Å². The van der Waals surface area contributed by atoms with Crippen LogP contribution in [0.2, 0.25) is 0 Å². The summed E-state index contributed by atoms with van der Waals surface area (Å²) in [5, 5.41) is 8.80. The Morgan fingerprint density at radius 2 is 0.889 bits per heavy atom. The molecule has 4 saturated heterocycles. The number of ether oxygens (including phenoxy) is 2. The zero-order valence-corrected chi connectivity index (χ0v) is 44.2. The van der Waals surface area contributed by atoms with Crippen molar-refractivity contribution in [2.45, 2.75) is 156 Å². The lowest BCUT2D eigenvalue weighted by atomic mass is 9.87. The van der Waals surface area contributed by atoms with Gasteiger partial charge in [0.15, 0.2) is 11.6 Å². The second-order valence-corrected chi connectivity index (χ2v) is 22.3. The molecular formula is C56H78N14O2. The second kappa shape index (κ2) is 20.6. The van der Waals surface area contributed by atoms with Crippen molar-refractivity contribution in [1.29, 1.82) is 0 Å². The van der Waals surface area contributed by atoms with Crippen LogP contribution >= 0.6 is 0 Å². The van der Waals surface area contributed by atoms with Crippen LogP contribution in [0.3, 0.4) is 0 Å². The third-order valence-electron chi connectivity index (χ3n) is 16.7. The van der Waals surface area contributed by atoms with Crippen LogP contribution in [0, 0.1) is 11.8 Å². The Labute approximate surface area is 426 Å². The van der Waals surface area contributed by atoms with E-state index in [1.165, 1.54) is 88.9 Å². The highest BCUT2D eigenvalue weighted by Gasteiger charge is 2.37. The molecular weight excluding hydrogens is 901 g/mol. The standard InChI is InChI=1S/2C28H39N7O/c2*1-19(2)32-12-9-21(10-13-32)25-6-5-11-34(25)22-7-8-23-26(16-22)36-15-14-33-17-24(31-27(23)33)28-29-18-30-35(28)20(3)4/h2*7-8,16-21,25H,5-6,9-15H2,1-4H3/t2*25-/m10/s1. The molecule has 4 fully saturated rings. The van der Waals surface area contributed by atoms with Crippen LogP contribution in [0.1, 0.15) is 119 Å². The summed E-state index contributed by atoms with van der Waals surface area (Å²) in [6, 6.07) is 16.6. The van der Waals surface area contributed by atoms with Gasteiger partial charge in [-0.1, -0.05) is 0 Å². The van der Waals surface area contributed by atoms with Crippen molar-refractivity contribution in [1.82, 2.24) is 58.4 Å². The maximum absolute atomic E-state index is 6.28. The SMILES string of the molecule is CC(C)N1CCC([C@@H]2CCCN2c2ccc3c(c2)OCCn2cc(-c4ncnn4C(C)C)nc2-3)CC1.CC(C)N1CCC([C@H]2CCCN2c2ccc3c(c2)OCCn2cc(-c4ncnn4C(C)C)nc2-3)CC1. The lowest BCUT2D eigenvalue weighted by molar-refractivity contribution is 0.138. The molecule has 6 aliphatic rings. The minimum Gasteiger partial charge on any atom is -0.491 e. The number of piperidine rings is 2. The Hall–Kier alpha value is -5.74. The fourth-order valence-corrected chi connectivity index (χ4v) is 12.8. The largest absolute Gasteiger partial charge is 0.491 e. The Morgan fingerprint density at radius 3 is 1.28 bits per heavy atom. The predicted molar refractivity (Wildman–Crippen MR) is 285 cm³/mol. The van der Waals surface area contributed by atoms with Crippen molar-refractivity contribution in [2.24, 2.45) is 11.8 Å². The molecule has 72 heavy (non-hydrogen) atoms. The van der Waals surface area contributed by atoms with E-state index >= 15 is 0 Å². The molecule has 16 nitrogen and oxygen atoms in total. The molecule has 0 bridgehead atoms. The van der Waals surface area contributed by atoms with E-state index in [2.05, 4.69) is 153 Å². The molecule has 6 aromatic rings. The van der Waals surface area contributed by atoms with E-state index in [1.807, 2.05) is 9.36 Å². The zero-order valence-electron chi connectivity index (χ0n) is 44.2. The van der Waals surface area contributed by atoms with Crippen LogP contribution in [0.4, 0.5) is 11.4 Å². The summed E-state index contributed by atoms with van der Waals surface area (Å²) in [7, 11) is 0. The van der Waals surface area contributed by atoms with Gasteiger partial charge >= 0.3 is 0 Å². The van der Waals surface area contributed by atoms with E-state index in [0.29, 0.717) is 37.4 Å². The van der Waals surface area contributed by atoms with E-state index in [0.717, 1.165) is 95.3 Å². The highest BCUT2D eigenvalue weighted by atomic mass is 16.5. The average Bonchev–Trinajstić information content (AvgIpc) is 4.25. The van der Waals surface area contributed by atoms with Crippen molar-refractivity contribution in [2.75, 3.05) is 62.3 Å². The first-order valence-electron chi connectivity index (χ1n) is 27.5. The van der Waals surface area contributed by atoms with Gasteiger partial charge in [-0.2, -0.15) is 10.2 Å². The summed E-state index contributed by atoms with van der Waals surface area (Å²) in [6.45, 7) is 27.7. The molecule has 0 radical (unpaired) electrons. The smallest absolute Gasteiger partial charge is 0.178 e. The summed E-state index contributed by atoms with van der Waals surface area (Å²) in [5.74, 6) is 6.95. The van der Waals surface area contributed by atoms with Crippen molar-refractivity contribution in [3.8, 4) is 57.3 Å². The minimum absolute atomic E-state index is 0.230. The highest BCUT2D eigenvalue weighted by molar-refractivity contribution is 5.73. The molecule has 12 rings (SSSR count). The van der Waals surface area contributed by atoms with E-state index in [9.17, 15) is 0 Å². The van der Waals surface area contributed by atoms with Crippen LogP contribution in [0.15, 0.2) is 61.4 Å². The van der Waals surface area contributed by atoms with E-state index in [-0.39, 0.29) is 12.1 Å². The van der Waals surface area contributed by atoms with Crippen molar-refractivity contribution >= 4 is 11.4 Å². The molecule has 4 aromatic heterocycles. The quantitative estimate of drug-likeness (QED) is 0.130. The predicted octanol–water partition coefficient (Wildman–Crippen LogP) is 9.74. The van der Waals surface area contributed by atoms with Crippen LogP contribution in [-0.4, -0.2) is 135 Å². The van der Waals surface area contributed by atoms with E-state index in [1.54, 1.807) is 12.7 Å². The van der Waals surface area contributed by atoms with Gasteiger partial charge in [-0.15, -0.1) is 0 Å². The van der Waals surface area contributed by atoms with Gasteiger partial charge in [0.1, 0.15) is 60.4 Å². The summed E-state index contributed by atoms with van der Waals surface area (Å²) in [5.41, 5.74) is 6.42. The monoisotopic (exact) mass is 979 g/mol. The van der Waals surface area contributed by atoms with Gasteiger partial charge in [0.2, 0.25) is 0 Å². The first-order chi connectivity index (χ1) is 35.0. The van der Waals surface area contributed by atoms with Crippen LogP contribution in [0.5, 0.6) is 11.5 Å². The fourth-order valence-electron chi connectivity index (χ4n) is 12.8. The van der Waals surface area contributed by atoms with Gasteiger partial charge in [0.25, 0.3) is 0 Å². The number of nitrogens with zero attached hydrogens (tertiary/aromatic N) is 14. The third kappa shape index (κ3) is 9.53. The molecule has 0 spiro atoms. The summed E-state index contributed by atoms with van der Waals surface area (Å²) >= 11 is 0. The number of hydrogen-bond acceptors (Lipinski definition) is 12. The number of benzene rings is 2. The molecule has 2 atom stereocenters. The number of anilines is 2. The molecule has 0 amide bonds. The van der Waals surface area contributed by atoms with Gasteiger partial charge in [0.05, 0.1) is 24.2 Å². The summed E-state index contributed by atoms with van der Waals surface area (Å²) in [4.78, 5) is 29.6. The average molecular weight is 979 g/mol. The first-order valence-corrected chi connectivity index (χ1v) is 27.5. The number of imidazole rings is 2. The molecule has 2 aromatic carbocycles. The van der Waals surface area contributed by atoms with Gasteiger partial charge in [-0.25, -0.2) is 29.3 Å². The number of aromatic nitrogens is 10. The number of hydrogen-bond donors (Lipinski definition) is 0. The van der Waals surface area contributed by atoms with Gasteiger partial charge in [-0.05, 0) is 169 Å². The zero-order chi connectivity index (χ0) is 49.6. The van der Waals surface area contributed by atoms with Crippen LogP contribution in [-0.2, 0) is 13.1 Å². The molecule has 0 unspecified atom stereocenters. The lowest BCUT2D eigenvalue weighted by Crippen LogP contribution is -2.44. The van der Waals surface area contributed by atoms with Crippen molar-refractivity contribution in [3.05, 3.63) is 61.4 Å². The Balaban J connectivity index is 0.000000156. The molecule has 384 valence electrons. The second-order valence-electron chi connectivity index (χ2n) is 22.3. The molecule has 10 heterocycles. The molecule has 0 saturated carbocycles. The summed E-state index contributed by atoms with van der Waals surface area (Å²) in [6.07, 6.45) is 17.8. The Morgan fingerprint density at radius 1 is 0.472 bits per heavy atom. The highest BCUT2D eigenvalue weighted by Crippen LogP contribution is 2.43.